The predicted octanol–water partition coefficient (Wildman–Crippen LogP) is 4.91. The third kappa shape index (κ3) is 5.22. The van der Waals surface area contributed by atoms with Gasteiger partial charge in [-0.3, -0.25) is 14.5 Å². The lowest BCUT2D eigenvalue weighted by atomic mass is 10.1. The molecule has 6 rings (SSSR count). The monoisotopic (exact) mass is 572 g/mol. The van der Waals surface area contributed by atoms with Crippen molar-refractivity contribution in [3.05, 3.63) is 78.0 Å². The molecule has 4 amide bonds. The third-order valence-corrected chi connectivity index (χ3v) is 7.72. The Morgan fingerprint density at radius 3 is 2.63 bits per heavy atom. The van der Waals surface area contributed by atoms with Crippen molar-refractivity contribution in [1.29, 1.82) is 0 Å². The van der Waals surface area contributed by atoms with Gasteiger partial charge < -0.3 is 25.4 Å². The molecule has 1 saturated heterocycles. The van der Waals surface area contributed by atoms with Gasteiger partial charge in [-0.1, -0.05) is 32.2 Å². The van der Waals surface area contributed by atoms with Gasteiger partial charge in [-0.25, -0.2) is 14.8 Å². The highest BCUT2D eigenvalue weighted by molar-refractivity contribution is 7.21. The quantitative estimate of drug-likeness (QED) is 0.268. The second-order valence-corrected chi connectivity index (χ2v) is 10.2. The number of para-hydroxylation sites is 1. The molecule has 12 heteroatoms. The van der Waals surface area contributed by atoms with Crippen LogP contribution in [-0.2, 0) is 9.53 Å². The molecule has 0 unspecified atom stereocenters. The van der Waals surface area contributed by atoms with Gasteiger partial charge in [0.2, 0.25) is 11.8 Å². The van der Waals surface area contributed by atoms with Crippen LogP contribution in [0.25, 0.3) is 10.2 Å². The number of thiophene rings is 1. The fraction of sp³-hybridized carbons (Fsp3) is 0.207. The number of carbonyl (C=O) groups excluding carboxylic acids is 3. The predicted molar refractivity (Wildman–Crippen MR) is 157 cm³/mol. The van der Waals surface area contributed by atoms with E-state index in [0.717, 1.165) is 5.56 Å². The summed E-state index contributed by atoms with van der Waals surface area (Å²) < 4.78 is 11.3. The summed E-state index contributed by atoms with van der Waals surface area (Å²) in [6.07, 6.45) is 4.36. The molecule has 0 saturated carbocycles. The Labute approximate surface area is 240 Å². The van der Waals surface area contributed by atoms with E-state index >= 15 is 0 Å². The molecule has 2 aliphatic rings. The summed E-state index contributed by atoms with van der Waals surface area (Å²) in [6, 6.07) is 11.5. The second-order valence-electron chi connectivity index (χ2n) is 9.24. The number of aryl methyl sites for hydroxylation is 1. The maximum atomic E-state index is 13.5. The van der Waals surface area contributed by atoms with E-state index in [1.54, 1.807) is 24.5 Å². The number of pyridine rings is 2. The SMILES string of the molecule is C.C=CC(=O)N[C@H]1COC[C@H]1NC(=O)c1sc2nccc3c2c1NC(=O)N3c1cnc(Oc2ccccc2)cc1C. The molecule has 41 heavy (non-hydrogen) atoms. The number of nitrogens with zero attached hydrogens (tertiary/aromatic N) is 3. The van der Waals surface area contributed by atoms with Crippen LogP contribution in [0.5, 0.6) is 11.6 Å². The maximum Gasteiger partial charge on any atom is 0.331 e. The first-order chi connectivity index (χ1) is 19.4. The van der Waals surface area contributed by atoms with E-state index < -0.39 is 24.0 Å². The lowest BCUT2D eigenvalue weighted by Gasteiger charge is -2.29. The van der Waals surface area contributed by atoms with Gasteiger partial charge in [0, 0.05) is 12.3 Å². The molecule has 2 aliphatic heterocycles. The Morgan fingerprint density at radius 2 is 1.90 bits per heavy atom. The molecule has 1 fully saturated rings. The molecule has 3 aromatic heterocycles. The fourth-order valence-electron chi connectivity index (χ4n) is 4.72. The van der Waals surface area contributed by atoms with E-state index in [9.17, 15) is 14.4 Å². The molecule has 3 N–H and O–H groups in total. The summed E-state index contributed by atoms with van der Waals surface area (Å²) >= 11 is 1.18. The van der Waals surface area contributed by atoms with Crippen molar-refractivity contribution in [2.75, 3.05) is 23.4 Å². The molecular weight excluding hydrogens is 544 g/mol. The normalized spacial score (nSPS) is 17.4. The van der Waals surface area contributed by atoms with Crippen LogP contribution in [0, 0.1) is 6.92 Å². The zero-order valence-corrected chi connectivity index (χ0v) is 22.2. The highest BCUT2D eigenvalue weighted by Crippen LogP contribution is 2.46. The minimum absolute atomic E-state index is 0. The van der Waals surface area contributed by atoms with Crippen LogP contribution in [0.15, 0.2) is 67.5 Å². The Bertz CT molecular complexity index is 1660. The van der Waals surface area contributed by atoms with Crippen LogP contribution in [0.4, 0.5) is 21.9 Å². The lowest BCUT2D eigenvalue weighted by Crippen LogP contribution is -2.50. The molecule has 5 heterocycles. The largest absolute Gasteiger partial charge is 0.439 e. The second kappa shape index (κ2) is 11.4. The third-order valence-electron chi connectivity index (χ3n) is 6.63. The Balaban J connectivity index is 0.00000337. The minimum atomic E-state index is -0.442. The van der Waals surface area contributed by atoms with Crippen molar-refractivity contribution in [3.8, 4) is 11.6 Å². The van der Waals surface area contributed by atoms with E-state index in [4.69, 9.17) is 9.47 Å². The van der Waals surface area contributed by atoms with Gasteiger partial charge in [0.05, 0.1) is 53.9 Å². The van der Waals surface area contributed by atoms with Crippen molar-refractivity contribution < 1.29 is 23.9 Å². The zero-order chi connectivity index (χ0) is 27.8. The van der Waals surface area contributed by atoms with Crippen molar-refractivity contribution in [2.24, 2.45) is 0 Å². The van der Waals surface area contributed by atoms with Crippen molar-refractivity contribution in [2.45, 2.75) is 26.4 Å². The Hall–Kier alpha value is -4.81. The van der Waals surface area contributed by atoms with Crippen molar-refractivity contribution in [3.63, 3.8) is 0 Å². The number of hydrogen-bond donors (Lipinski definition) is 3. The van der Waals surface area contributed by atoms with Crippen molar-refractivity contribution in [1.82, 2.24) is 20.6 Å². The van der Waals surface area contributed by atoms with Crippen LogP contribution in [0.2, 0.25) is 0 Å². The summed E-state index contributed by atoms with van der Waals surface area (Å²) in [4.78, 5) is 49.9. The molecule has 0 spiro atoms. The van der Waals surface area contributed by atoms with Crippen molar-refractivity contribution >= 4 is 56.5 Å². The first kappa shape index (κ1) is 27.7. The zero-order valence-electron chi connectivity index (χ0n) is 21.3. The number of ether oxygens (including phenoxy) is 2. The lowest BCUT2D eigenvalue weighted by molar-refractivity contribution is -0.117. The smallest absolute Gasteiger partial charge is 0.331 e. The van der Waals surface area contributed by atoms with Gasteiger partial charge in [0.1, 0.15) is 15.5 Å². The molecule has 210 valence electrons. The van der Waals surface area contributed by atoms with Crippen LogP contribution in [0.3, 0.4) is 0 Å². The summed E-state index contributed by atoms with van der Waals surface area (Å²) in [5.41, 5.74) is 2.31. The van der Waals surface area contributed by atoms with Gasteiger partial charge in [-0.05, 0) is 36.8 Å². The molecule has 2 atom stereocenters. The number of rotatable bonds is 7. The molecule has 0 bridgehead atoms. The number of hydrogen-bond acceptors (Lipinski definition) is 8. The number of amides is 4. The van der Waals surface area contributed by atoms with E-state index in [0.29, 0.717) is 43.8 Å². The molecule has 0 aliphatic carbocycles. The van der Waals surface area contributed by atoms with E-state index in [1.165, 1.54) is 22.3 Å². The molecular formula is C29H28N6O5S. The minimum Gasteiger partial charge on any atom is -0.439 e. The maximum absolute atomic E-state index is 13.5. The Kier molecular flexibility index (Phi) is 7.68. The van der Waals surface area contributed by atoms with Gasteiger partial charge >= 0.3 is 6.03 Å². The summed E-state index contributed by atoms with van der Waals surface area (Å²) in [6.45, 7) is 5.84. The average Bonchev–Trinajstić information content (AvgIpc) is 3.55. The standard InChI is InChI=1S/C28H24N6O5S.CH4/c1-3-21(35)31-17-13-38-14-18(17)32-26(36)25-24-23-19(9-10-29-27(23)40-25)34(28(37)33-24)20-12-30-22(11-15(20)2)39-16-7-5-4-6-8-16;/h3-12,17-18H,1,13-14H2,2H3,(H,31,35)(H,32,36)(H,33,37);1H4/t17-,18+;/m0./s1. The van der Waals surface area contributed by atoms with Gasteiger partial charge in [0.15, 0.2) is 0 Å². The summed E-state index contributed by atoms with van der Waals surface area (Å²) in [5, 5.41) is 9.23. The van der Waals surface area contributed by atoms with E-state index in [-0.39, 0.29) is 26.5 Å². The summed E-state index contributed by atoms with van der Waals surface area (Å²) in [7, 11) is 0. The summed E-state index contributed by atoms with van der Waals surface area (Å²) in [5.74, 6) is 0.308. The highest BCUT2D eigenvalue weighted by atomic mass is 32.1. The number of nitrogens with one attached hydrogen (secondary N) is 3. The van der Waals surface area contributed by atoms with Gasteiger partial charge in [0.25, 0.3) is 5.91 Å². The molecule has 11 nitrogen and oxygen atoms in total. The van der Waals surface area contributed by atoms with Crippen LogP contribution in [0.1, 0.15) is 22.7 Å². The number of carbonyl (C=O) groups is 3. The average molecular weight is 573 g/mol. The van der Waals surface area contributed by atoms with Gasteiger partial charge in [-0.15, -0.1) is 11.3 Å². The molecule has 0 radical (unpaired) electrons. The molecule has 4 aromatic rings. The van der Waals surface area contributed by atoms with Crippen LogP contribution >= 0.6 is 11.3 Å². The molecule has 1 aromatic carbocycles. The van der Waals surface area contributed by atoms with Crippen LogP contribution < -0.4 is 25.6 Å². The number of anilines is 3. The Morgan fingerprint density at radius 1 is 1.15 bits per heavy atom. The van der Waals surface area contributed by atoms with Gasteiger partial charge in [-0.2, -0.15) is 0 Å². The fourth-order valence-corrected chi connectivity index (χ4v) is 5.74. The first-order valence-corrected chi connectivity index (χ1v) is 13.3. The number of urea groups is 1. The topological polar surface area (TPSA) is 135 Å². The van der Waals surface area contributed by atoms with E-state index in [1.807, 2.05) is 37.3 Å². The van der Waals surface area contributed by atoms with Crippen LogP contribution in [-0.4, -0.2) is 53.1 Å². The highest BCUT2D eigenvalue weighted by Gasteiger charge is 2.36. The number of benzene rings is 1. The first-order valence-electron chi connectivity index (χ1n) is 12.5. The van der Waals surface area contributed by atoms with E-state index in [2.05, 4.69) is 32.5 Å². The number of aromatic nitrogens is 2.